The van der Waals surface area contributed by atoms with Gasteiger partial charge in [0.1, 0.15) is 0 Å². The minimum absolute atomic E-state index is 0.742. The first-order chi connectivity index (χ1) is 8.49. The summed E-state index contributed by atoms with van der Waals surface area (Å²) in [6, 6.07) is 5.90. The summed E-state index contributed by atoms with van der Waals surface area (Å²) in [5.41, 5.74) is 4.88. The second kappa shape index (κ2) is 6.29. The van der Waals surface area contributed by atoms with Crippen LogP contribution >= 0.6 is 0 Å². The van der Waals surface area contributed by atoms with Crippen LogP contribution in [0, 0.1) is 0 Å². The van der Waals surface area contributed by atoms with Crippen molar-refractivity contribution in [3.63, 3.8) is 0 Å². The van der Waals surface area contributed by atoms with Gasteiger partial charge in [-0.05, 0) is 50.5 Å². The molecule has 1 aromatic rings. The highest BCUT2D eigenvalue weighted by Crippen LogP contribution is 2.31. The van der Waals surface area contributed by atoms with Crippen LogP contribution in [0.2, 0.25) is 0 Å². The van der Waals surface area contributed by atoms with Crippen molar-refractivity contribution in [2.45, 2.75) is 27.2 Å². The predicted octanol–water partition coefficient (Wildman–Crippen LogP) is 4.46. The van der Waals surface area contributed by atoms with E-state index in [0.29, 0.717) is 0 Å². The van der Waals surface area contributed by atoms with Crippen molar-refractivity contribution in [1.82, 2.24) is 0 Å². The van der Waals surface area contributed by atoms with Crippen LogP contribution < -0.4 is 9.47 Å². The Labute approximate surface area is 110 Å². The van der Waals surface area contributed by atoms with Crippen molar-refractivity contribution in [2.75, 3.05) is 14.2 Å². The van der Waals surface area contributed by atoms with Gasteiger partial charge in [0, 0.05) is 0 Å². The zero-order chi connectivity index (χ0) is 13.7. The molecular weight excluding hydrogens is 224 g/mol. The van der Waals surface area contributed by atoms with Crippen LogP contribution in [0.15, 0.2) is 35.9 Å². The first-order valence-corrected chi connectivity index (χ1v) is 6.02. The molecule has 1 rings (SSSR count). The molecule has 0 aliphatic carbocycles. The molecule has 2 nitrogen and oxygen atoms in total. The Morgan fingerprint density at radius 1 is 1.06 bits per heavy atom. The Hall–Kier alpha value is -1.70. The van der Waals surface area contributed by atoms with Gasteiger partial charge in [0.15, 0.2) is 11.5 Å². The Morgan fingerprint density at radius 2 is 1.67 bits per heavy atom. The Kier molecular flexibility index (Phi) is 5.02. The zero-order valence-electron chi connectivity index (χ0n) is 12.0. The first kappa shape index (κ1) is 14.4. The van der Waals surface area contributed by atoms with Gasteiger partial charge in [0.25, 0.3) is 0 Å². The average Bonchev–Trinajstić information content (AvgIpc) is 2.37. The molecule has 98 valence electrons. The number of allylic oxidation sites excluding steroid dienone is 3. The summed E-state index contributed by atoms with van der Waals surface area (Å²) in [5.74, 6) is 1.49. The normalized spacial score (nSPS) is 9.83. The second-order valence-electron chi connectivity index (χ2n) is 4.63. The van der Waals surface area contributed by atoms with E-state index < -0.39 is 0 Å². The van der Waals surface area contributed by atoms with Crippen molar-refractivity contribution in [2.24, 2.45) is 0 Å². The van der Waals surface area contributed by atoms with E-state index in [1.165, 1.54) is 11.1 Å². The molecule has 0 radical (unpaired) electrons. The molecule has 0 fully saturated rings. The number of ether oxygens (including phenoxy) is 2. The molecule has 0 saturated heterocycles. The molecule has 0 aliphatic rings. The zero-order valence-corrected chi connectivity index (χ0v) is 12.0. The van der Waals surface area contributed by atoms with Crippen molar-refractivity contribution >= 4 is 5.57 Å². The van der Waals surface area contributed by atoms with Gasteiger partial charge in [0.2, 0.25) is 0 Å². The summed E-state index contributed by atoms with van der Waals surface area (Å²) >= 11 is 0. The summed E-state index contributed by atoms with van der Waals surface area (Å²) < 4.78 is 10.5. The molecule has 0 atom stereocenters. The standard InChI is InChI=1S/C16H22O2/c1-11(2)12(3)9-13(4)14-7-8-15(17-5)16(10-14)18-6/h7-8,10H,4,9H2,1-3,5-6H3. The Morgan fingerprint density at radius 3 is 2.17 bits per heavy atom. The van der Waals surface area contributed by atoms with Crippen LogP contribution in [0.5, 0.6) is 11.5 Å². The molecular formula is C16H22O2. The molecule has 1 aromatic carbocycles. The number of benzene rings is 1. The number of hydrogen-bond acceptors (Lipinski definition) is 2. The predicted molar refractivity (Wildman–Crippen MR) is 77.2 cm³/mol. The summed E-state index contributed by atoms with van der Waals surface area (Å²) in [5, 5.41) is 0. The third kappa shape index (κ3) is 3.39. The topological polar surface area (TPSA) is 18.5 Å². The van der Waals surface area contributed by atoms with E-state index in [4.69, 9.17) is 9.47 Å². The lowest BCUT2D eigenvalue weighted by Crippen LogP contribution is -1.93. The molecule has 0 heterocycles. The third-order valence-electron chi connectivity index (χ3n) is 3.12. The van der Waals surface area contributed by atoms with Gasteiger partial charge >= 0.3 is 0 Å². The van der Waals surface area contributed by atoms with E-state index in [1.807, 2.05) is 18.2 Å². The average molecular weight is 246 g/mol. The lowest BCUT2D eigenvalue weighted by atomic mass is 9.98. The summed E-state index contributed by atoms with van der Waals surface area (Å²) in [6.45, 7) is 10.5. The number of methoxy groups -OCH3 is 2. The highest BCUT2D eigenvalue weighted by atomic mass is 16.5. The lowest BCUT2D eigenvalue weighted by molar-refractivity contribution is 0.355. The van der Waals surface area contributed by atoms with Crippen LogP contribution in [0.4, 0.5) is 0 Å². The molecule has 0 spiro atoms. The lowest BCUT2D eigenvalue weighted by Gasteiger charge is -2.12. The van der Waals surface area contributed by atoms with Gasteiger partial charge < -0.3 is 9.47 Å². The van der Waals surface area contributed by atoms with Gasteiger partial charge in [-0.25, -0.2) is 0 Å². The van der Waals surface area contributed by atoms with Crippen molar-refractivity contribution in [3.8, 4) is 11.5 Å². The molecule has 0 N–H and O–H groups in total. The molecule has 0 saturated carbocycles. The van der Waals surface area contributed by atoms with Gasteiger partial charge in [-0.1, -0.05) is 23.8 Å². The van der Waals surface area contributed by atoms with Crippen LogP contribution in [0.25, 0.3) is 5.57 Å². The van der Waals surface area contributed by atoms with Crippen LogP contribution in [0.1, 0.15) is 32.8 Å². The first-order valence-electron chi connectivity index (χ1n) is 6.02. The minimum Gasteiger partial charge on any atom is -0.493 e. The molecule has 0 bridgehead atoms. The molecule has 0 aliphatic heterocycles. The highest BCUT2D eigenvalue weighted by Gasteiger charge is 2.07. The largest absolute Gasteiger partial charge is 0.493 e. The SMILES string of the molecule is C=C(CC(C)=C(C)C)c1ccc(OC)c(OC)c1. The maximum atomic E-state index is 5.30. The van der Waals surface area contributed by atoms with Gasteiger partial charge in [-0.2, -0.15) is 0 Å². The van der Waals surface area contributed by atoms with Crippen LogP contribution in [-0.4, -0.2) is 14.2 Å². The van der Waals surface area contributed by atoms with Crippen molar-refractivity contribution in [1.29, 1.82) is 0 Å². The summed E-state index contributed by atoms with van der Waals surface area (Å²) in [7, 11) is 3.28. The second-order valence-corrected chi connectivity index (χ2v) is 4.63. The fraction of sp³-hybridized carbons (Fsp3) is 0.375. The van der Waals surface area contributed by atoms with Gasteiger partial charge in [-0.3, -0.25) is 0 Å². The number of hydrogen-bond donors (Lipinski definition) is 0. The van der Waals surface area contributed by atoms with E-state index >= 15 is 0 Å². The molecule has 2 heteroatoms. The van der Waals surface area contributed by atoms with E-state index in [1.54, 1.807) is 14.2 Å². The molecule has 0 aromatic heterocycles. The quantitative estimate of drug-likeness (QED) is 0.714. The summed E-state index contributed by atoms with van der Waals surface area (Å²) in [6.07, 6.45) is 0.887. The van der Waals surface area contributed by atoms with Crippen molar-refractivity contribution in [3.05, 3.63) is 41.5 Å². The monoisotopic (exact) mass is 246 g/mol. The van der Waals surface area contributed by atoms with Gasteiger partial charge in [-0.15, -0.1) is 0 Å². The smallest absolute Gasteiger partial charge is 0.161 e. The molecule has 0 unspecified atom stereocenters. The van der Waals surface area contributed by atoms with E-state index in [-0.39, 0.29) is 0 Å². The fourth-order valence-corrected chi connectivity index (χ4v) is 1.66. The number of rotatable bonds is 5. The van der Waals surface area contributed by atoms with Crippen LogP contribution in [0.3, 0.4) is 0 Å². The molecule has 18 heavy (non-hydrogen) atoms. The highest BCUT2D eigenvalue weighted by molar-refractivity contribution is 5.68. The third-order valence-corrected chi connectivity index (χ3v) is 3.12. The van der Waals surface area contributed by atoms with Crippen molar-refractivity contribution < 1.29 is 9.47 Å². The maximum Gasteiger partial charge on any atom is 0.161 e. The van der Waals surface area contributed by atoms with E-state index in [9.17, 15) is 0 Å². The maximum absolute atomic E-state index is 5.30. The minimum atomic E-state index is 0.742. The molecule has 0 amide bonds. The summed E-state index contributed by atoms with van der Waals surface area (Å²) in [4.78, 5) is 0. The van der Waals surface area contributed by atoms with Crippen LogP contribution in [-0.2, 0) is 0 Å². The fourth-order valence-electron chi connectivity index (χ4n) is 1.66. The Balaban J connectivity index is 2.97. The van der Waals surface area contributed by atoms with Gasteiger partial charge in [0.05, 0.1) is 14.2 Å². The van der Waals surface area contributed by atoms with E-state index in [2.05, 4.69) is 27.4 Å². The Bertz CT molecular complexity index is 466. The van der Waals surface area contributed by atoms with E-state index in [0.717, 1.165) is 29.1 Å².